The second-order valence-electron chi connectivity index (χ2n) is 2.48. The molecule has 0 aliphatic heterocycles. The van der Waals surface area contributed by atoms with E-state index in [-0.39, 0.29) is 5.75 Å². The summed E-state index contributed by atoms with van der Waals surface area (Å²) in [5.74, 6) is 1.00. The van der Waals surface area contributed by atoms with Crippen LogP contribution in [0.2, 0.25) is 0 Å². The van der Waals surface area contributed by atoms with Crippen LogP contribution in [0.1, 0.15) is 5.56 Å². The monoisotopic (exact) mass is 246 g/mol. The second-order valence-corrected chi connectivity index (χ2v) is 3.04. The first-order chi connectivity index (χ1) is 6.22. The minimum Gasteiger partial charge on any atom is -0.504 e. The van der Waals surface area contributed by atoms with Crippen LogP contribution in [0.15, 0.2) is 12.1 Å². The molecule has 0 aliphatic carbocycles. The molecule has 1 aromatic carbocycles. The Morgan fingerprint density at radius 2 is 2.00 bits per heavy atom. The van der Waals surface area contributed by atoms with Crippen LogP contribution < -0.4 is 9.47 Å². The summed E-state index contributed by atoms with van der Waals surface area (Å²) in [7, 11) is 3.03. The number of phenolic OH excluding ortho intramolecular Hbond substituents is 1. The molecule has 0 fully saturated rings. The molecule has 1 N–H and O–H groups in total. The van der Waals surface area contributed by atoms with Crippen molar-refractivity contribution in [2.24, 2.45) is 0 Å². The summed E-state index contributed by atoms with van der Waals surface area (Å²) < 4.78 is 10.0. The minimum absolute atomic E-state index is 0.0938. The SMILES string of the molecule is COc1cc(CBr)cc(O)c1OC. The third kappa shape index (κ3) is 2.06. The van der Waals surface area contributed by atoms with Gasteiger partial charge in [-0.3, -0.25) is 0 Å². The Bertz CT molecular complexity index is 299. The number of alkyl halides is 1. The first-order valence-electron chi connectivity index (χ1n) is 3.72. The van der Waals surface area contributed by atoms with Gasteiger partial charge in [-0.15, -0.1) is 0 Å². The van der Waals surface area contributed by atoms with Gasteiger partial charge in [0.1, 0.15) is 0 Å². The fraction of sp³-hybridized carbons (Fsp3) is 0.333. The summed E-state index contributed by atoms with van der Waals surface area (Å²) in [6.45, 7) is 0. The lowest BCUT2D eigenvalue weighted by atomic mass is 10.2. The molecule has 3 nitrogen and oxygen atoms in total. The summed E-state index contributed by atoms with van der Waals surface area (Å²) in [5.41, 5.74) is 0.940. The van der Waals surface area contributed by atoms with Gasteiger partial charge in [0, 0.05) is 5.33 Å². The van der Waals surface area contributed by atoms with Crippen molar-refractivity contribution in [3.8, 4) is 17.2 Å². The van der Waals surface area contributed by atoms with Crippen LogP contribution in [0.3, 0.4) is 0 Å². The van der Waals surface area contributed by atoms with Gasteiger partial charge in [0.05, 0.1) is 14.2 Å². The number of aromatic hydroxyl groups is 1. The summed E-state index contributed by atoms with van der Waals surface area (Å²) in [6.07, 6.45) is 0. The Morgan fingerprint density at radius 3 is 2.46 bits per heavy atom. The Balaban J connectivity index is 3.20. The molecule has 0 spiro atoms. The van der Waals surface area contributed by atoms with Crippen molar-refractivity contribution < 1.29 is 14.6 Å². The van der Waals surface area contributed by atoms with E-state index in [0.29, 0.717) is 16.8 Å². The van der Waals surface area contributed by atoms with Gasteiger partial charge in [0.2, 0.25) is 5.75 Å². The Morgan fingerprint density at radius 1 is 1.31 bits per heavy atom. The van der Waals surface area contributed by atoms with Crippen LogP contribution in [0.25, 0.3) is 0 Å². The maximum absolute atomic E-state index is 9.51. The molecule has 0 amide bonds. The maximum Gasteiger partial charge on any atom is 0.203 e. The van der Waals surface area contributed by atoms with Gasteiger partial charge in [0.15, 0.2) is 11.5 Å². The van der Waals surface area contributed by atoms with Crippen LogP contribution >= 0.6 is 15.9 Å². The van der Waals surface area contributed by atoms with Crippen molar-refractivity contribution in [2.45, 2.75) is 5.33 Å². The number of rotatable bonds is 3. The van der Waals surface area contributed by atoms with E-state index in [4.69, 9.17) is 9.47 Å². The van der Waals surface area contributed by atoms with Gasteiger partial charge in [-0.25, -0.2) is 0 Å². The van der Waals surface area contributed by atoms with Crippen LogP contribution in [-0.4, -0.2) is 19.3 Å². The average molecular weight is 247 g/mol. The van der Waals surface area contributed by atoms with E-state index in [9.17, 15) is 5.11 Å². The highest BCUT2D eigenvalue weighted by atomic mass is 79.9. The third-order valence-electron chi connectivity index (χ3n) is 1.67. The predicted molar refractivity (Wildman–Crippen MR) is 53.8 cm³/mol. The zero-order valence-electron chi connectivity index (χ0n) is 7.50. The van der Waals surface area contributed by atoms with Crippen molar-refractivity contribution in [1.29, 1.82) is 0 Å². The number of hydrogen-bond donors (Lipinski definition) is 1. The van der Waals surface area contributed by atoms with Crippen molar-refractivity contribution in [3.05, 3.63) is 17.7 Å². The molecule has 0 aromatic heterocycles. The second kappa shape index (κ2) is 4.37. The number of phenols is 1. The van der Waals surface area contributed by atoms with Crippen molar-refractivity contribution >= 4 is 15.9 Å². The van der Waals surface area contributed by atoms with Gasteiger partial charge in [-0.05, 0) is 17.7 Å². The van der Waals surface area contributed by atoms with Gasteiger partial charge in [0.25, 0.3) is 0 Å². The lowest BCUT2D eigenvalue weighted by molar-refractivity contribution is 0.332. The van der Waals surface area contributed by atoms with E-state index in [0.717, 1.165) is 5.56 Å². The Kier molecular flexibility index (Phi) is 3.42. The molecule has 0 unspecified atom stereocenters. The summed E-state index contributed by atoms with van der Waals surface area (Å²) in [4.78, 5) is 0. The highest BCUT2D eigenvalue weighted by Gasteiger charge is 2.10. The number of benzene rings is 1. The largest absolute Gasteiger partial charge is 0.504 e. The fourth-order valence-electron chi connectivity index (χ4n) is 1.08. The molecule has 1 rings (SSSR count). The lowest BCUT2D eigenvalue weighted by Crippen LogP contribution is -1.92. The number of halogens is 1. The highest BCUT2D eigenvalue weighted by molar-refractivity contribution is 9.08. The fourth-order valence-corrected chi connectivity index (χ4v) is 1.40. The number of hydrogen-bond acceptors (Lipinski definition) is 3. The first-order valence-corrected chi connectivity index (χ1v) is 4.85. The quantitative estimate of drug-likeness (QED) is 0.833. The van der Waals surface area contributed by atoms with E-state index < -0.39 is 0 Å². The molecule has 0 atom stereocenters. The highest BCUT2D eigenvalue weighted by Crippen LogP contribution is 2.37. The predicted octanol–water partition coefficient (Wildman–Crippen LogP) is 2.30. The molecule has 0 saturated carbocycles. The van der Waals surface area contributed by atoms with E-state index >= 15 is 0 Å². The van der Waals surface area contributed by atoms with E-state index in [1.165, 1.54) is 14.2 Å². The van der Waals surface area contributed by atoms with Gasteiger partial charge >= 0.3 is 0 Å². The maximum atomic E-state index is 9.51. The molecule has 4 heteroatoms. The van der Waals surface area contributed by atoms with Crippen molar-refractivity contribution in [3.63, 3.8) is 0 Å². The molecule has 72 valence electrons. The van der Waals surface area contributed by atoms with E-state index in [1.807, 2.05) is 6.07 Å². The minimum atomic E-state index is 0.0938. The van der Waals surface area contributed by atoms with Crippen molar-refractivity contribution in [1.82, 2.24) is 0 Å². The zero-order chi connectivity index (χ0) is 9.84. The lowest BCUT2D eigenvalue weighted by Gasteiger charge is -2.10. The van der Waals surface area contributed by atoms with Crippen LogP contribution in [0.5, 0.6) is 17.2 Å². The summed E-state index contributed by atoms with van der Waals surface area (Å²) in [5, 5.41) is 10.2. The molecule has 0 saturated heterocycles. The summed E-state index contributed by atoms with van der Waals surface area (Å²) >= 11 is 3.29. The van der Waals surface area contributed by atoms with Crippen molar-refractivity contribution in [2.75, 3.05) is 14.2 Å². The molecule has 1 aromatic rings. The Labute approximate surface area is 85.4 Å². The van der Waals surface area contributed by atoms with Gasteiger partial charge in [-0.1, -0.05) is 15.9 Å². The van der Waals surface area contributed by atoms with E-state index in [1.54, 1.807) is 6.07 Å². The number of methoxy groups -OCH3 is 2. The first kappa shape index (κ1) is 10.2. The molecular formula is C9H11BrO3. The Hall–Kier alpha value is -0.900. The standard InChI is InChI=1S/C9H11BrO3/c1-12-8-4-6(5-10)3-7(11)9(8)13-2/h3-4,11H,5H2,1-2H3. The zero-order valence-corrected chi connectivity index (χ0v) is 9.09. The average Bonchev–Trinajstić information content (AvgIpc) is 2.16. The van der Waals surface area contributed by atoms with Crippen LogP contribution in [-0.2, 0) is 5.33 Å². The summed E-state index contributed by atoms with van der Waals surface area (Å²) in [6, 6.07) is 3.45. The van der Waals surface area contributed by atoms with Crippen LogP contribution in [0.4, 0.5) is 0 Å². The normalized spacial score (nSPS) is 9.77. The van der Waals surface area contributed by atoms with E-state index in [2.05, 4.69) is 15.9 Å². The topological polar surface area (TPSA) is 38.7 Å². The van der Waals surface area contributed by atoms with Crippen LogP contribution in [0, 0.1) is 0 Å². The van der Waals surface area contributed by atoms with Gasteiger partial charge in [-0.2, -0.15) is 0 Å². The molecular weight excluding hydrogens is 236 g/mol. The van der Waals surface area contributed by atoms with Gasteiger partial charge < -0.3 is 14.6 Å². The third-order valence-corrected chi connectivity index (χ3v) is 2.32. The molecule has 0 radical (unpaired) electrons. The molecule has 0 heterocycles. The molecule has 0 aliphatic rings. The molecule has 0 bridgehead atoms. The number of ether oxygens (including phenoxy) is 2. The molecule has 13 heavy (non-hydrogen) atoms. The smallest absolute Gasteiger partial charge is 0.203 e.